The van der Waals surface area contributed by atoms with Gasteiger partial charge in [-0.3, -0.25) is 4.90 Å². The summed E-state index contributed by atoms with van der Waals surface area (Å²) in [6, 6.07) is 6.64. The maximum Gasteiger partial charge on any atom is 0.335 e. The van der Waals surface area contributed by atoms with Crippen LogP contribution in [0.5, 0.6) is 5.75 Å². The predicted octanol–water partition coefficient (Wildman–Crippen LogP) is 3.52. The first kappa shape index (κ1) is 17.5. The van der Waals surface area contributed by atoms with Gasteiger partial charge in [0.1, 0.15) is 12.4 Å². The Kier molecular flexibility index (Phi) is 7.83. The molecule has 0 saturated carbocycles. The molecule has 1 N–H and O–H groups in total. The number of hydrogen-bond donors (Lipinski definition) is 1. The van der Waals surface area contributed by atoms with E-state index in [0.29, 0.717) is 12.4 Å². The Morgan fingerprint density at radius 1 is 1.29 bits per heavy atom. The summed E-state index contributed by atoms with van der Waals surface area (Å²) >= 11 is 0. The minimum Gasteiger partial charge on any atom is -0.492 e. The van der Waals surface area contributed by atoms with Crippen molar-refractivity contribution in [1.29, 1.82) is 0 Å². The fourth-order valence-corrected chi connectivity index (χ4v) is 2.30. The Bertz CT molecular complexity index is 430. The summed E-state index contributed by atoms with van der Waals surface area (Å²) in [5, 5.41) is 8.95. The lowest BCUT2D eigenvalue weighted by Crippen LogP contribution is -2.32. The SMILES string of the molecule is CCC(CC)CN(CC)CCOc1cccc(C(=O)O)c1. The van der Waals surface area contributed by atoms with Gasteiger partial charge in [-0.1, -0.05) is 39.7 Å². The molecule has 4 heteroatoms. The molecule has 0 aliphatic carbocycles. The van der Waals surface area contributed by atoms with Crippen molar-refractivity contribution in [2.75, 3.05) is 26.2 Å². The van der Waals surface area contributed by atoms with Crippen LogP contribution in [0.15, 0.2) is 24.3 Å². The first-order valence-electron chi connectivity index (χ1n) is 7.79. The van der Waals surface area contributed by atoms with E-state index in [2.05, 4.69) is 25.7 Å². The minimum absolute atomic E-state index is 0.261. The summed E-state index contributed by atoms with van der Waals surface area (Å²) in [7, 11) is 0. The lowest BCUT2D eigenvalue weighted by atomic mass is 10.0. The number of carboxylic acids is 1. The van der Waals surface area contributed by atoms with Gasteiger partial charge in [0.05, 0.1) is 5.56 Å². The van der Waals surface area contributed by atoms with Crippen molar-refractivity contribution in [3.8, 4) is 5.75 Å². The summed E-state index contributed by atoms with van der Waals surface area (Å²) < 4.78 is 5.67. The molecule has 4 nitrogen and oxygen atoms in total. The molecule has 0 heterocycles. The molecule has 21 heavy (non-hydrogen) atoms. The van der Waals surface area contributed by atoms with Crippen LogP contribution >= 0.6 is 0 Å². The molecule has 1 aromatic rings. The standard InChI is InChI=1S/C17H27NO3/c1-4-14(5-2)13-18(6-3)10-11-21-16-9-7-8-15(12-16)17(19)20/h7-9,12,14H,4-6,10-11,13H2,1-3H3,(H,19,20). The Morgan fingerprint density at radius 2 is 2.00 bits per heavy atom. The molecule has 0 fully saturated rings. The number of benzene rings is 1. The van der Waals surface area contributed by atoms with Crippen LogP contribution in [0.3, 0.4) is 0 Å². The summed E-state index contributed by atoms with van der Waals surface area (Å²) in [6.07, 6.45) is 2.41. The molecule has 0 bridgehead atoms. The molecule has 0 radical (unpaired) electrons. The number of nitrogens with zero attached hydrogens (tertiary/aromatic N) is 1. The molecule has 0 aromatic heterocycles. The van der Waals surface area contributed by atoms with Gasteiger partial charge in [-0.05, 0) is 30.7 Å². The highest BCUT2D eigenvalue weighted by Gasteiger charge is 2.10. The predicted molar refractivity (Wildman–Crippen MR) is 85.1 cm³/mol. The van der Waals surface area contributed by atoms with Crippen LogP contribution < -0.4 is 4.74 Å². The molecular formula is C17H27NO3. The van der Waals surface area contributed by atoms with Crippen molar-refractivity contribution < 1.29 is 14.6 Å². The summed E-state index contributed by atoms with van der Waals surface area (Å²) in [6.45, 7) is 10.2. The monoisotopic (exact) mass is 293 g/mol. The molecule has 0 atom stereocenters. The van der Waals surface area contributed by atoms with Crippen LogP contribution in [0.4, 0.5) is 0 Å². The van der Waals surface area contributed by atoms with E-state index in [9.17, 15) is 4.79 Å². The molecule has 1 rings (SSSR count). The van der Waals surface area contributed by atoms with Gasteiger partial charge in [-0.15, -0.1) is 0 Å². The summed E-state index contributed by atoms with van der Waals surface area (Å²) in [5.41, 5.74) is 0.261. The average molecular weight is 293 g/mol. The number of hydrogen-bond acceptors (Lipinski definition) is 3. The molecule has 0 aliphatic heterocycles. The van der Waals surface area contributed by atoms with Crippen molar-refractivity contribution in [1.82, 2.24) is 4.90 Å². The maximum absolute atomic E-state index is 10.9. The molecule has 0 amide bonds. The number of rotatable bonds is 10. The number of aromatic carboxylic acids is 1. The van der Waals surface area contributed by atoms with E-state index in [1.54, 1.807) is 24.3 Å². The van der Waals surface area contributed by atoms with E-state index in [1.165, 1.54) is 12.8 Å². The van der Waals surface area contributed by atoms with Crippen LogP contribution in [0.1, 0.15) is 44.0 Å². The first-order valence-corrected chi connectivity index (χ1v) is 7.79. The minimum atomic E-state index is -0.927. The van der Waals surface area contributed by atoms with Crippen molar-refractivity contribution >= 4 is 5.97 Å². The van der Waals surface area contributed by atoms with Crippen LogP contribution in [-0.2, 0) is 0 Å². The van der Waals surface area contributed by atoms with Gasteiger partial charge in [0.25, 0.3) is 0 Å². The number of carboxylic acid groups (broad SMARTS) is 1. The van der Waals surface area contributed by atoms with Gasteiger partial charge < -0.3 is 9.84 Å². The molecular weight excluding hydrogens is 266 g/mol. The molecule has 0 saturated heterocycles. The van der Waals surface area contributed by atoms with Crippen molar-refractivity contribution in [3.05, 3.63) is 29.8 Å². The highest BCUT2D eigenvalue weighted by molar-refractivity contribution is 5.87. The molecule has 1 aromatic carbocycles. The molecule has 118 valence electrons. The number of likely N-dealkylation sites (N-methyl/N-ethyl adjacent to an activating group) is 1. The highest BCUT2D eigenvalue weighted by Crippen LogP contribution is 2.14. The van der Waals surface area contributed by atoms with Gasteiger partial charge in [0, 0.05) is 13.1 Å². The van der Waals surface area contributed by atoms with E-state index >= 15 is 0 Å². The second-order valence-corrected chi connectivity index (χ2v) is 5.26. The fraction of sp³-hybridized carbons (Fsp3) is 0.588. The lowest BCUT2D eigenvalue weighted by Gasteiger charge is -2.25. The summed E-state index contributed by atoms with van der Waals surface area (Å²) in [5.74, 6) is 0.429. The second kappa shape index (κ2) is 9.40. The number of carbonyl (C=O) groups is 1. The van der Waals surface area contributed by atoms with Crippen LogP contribution in [0.25, 0.3) is 0 Å². The zero-order chi connectivity index (χ0) is 15.7. The van der Waals surface area contributed by atoms with Crippen molar-refractivity contribution in [3.63, 3.8) is 0 Å². The normalized spacial score (nSPS) is 11.1. The van der Waals surface area contributed by atoms with Gasteiger partial charge in [-0.2, -0.15) is 0 Å². The topological polar surface area (TPSA) is 49.8 Å². The van der Waals surface area contributed by atoms with Crippen molar-refractivity contribution in [2.45, 2.75) is 33.6 Å². The number of ether oxygens (including phenoxy) is 1. The van der Waals surface area contributed by atoms with E-state index in [1.807, 2.05) is 0 Å². The van der Waals surface area contributed by atoms with Crippen LogP contribution in [0.2, 0.25) is 0 Å². The maximum atomic E-state index is 10.9. The quantitative estimate of drug-likeness (QED) is 0.717. The largest absolute Gasteiger partial charge is 0.492 e. The molecule has 0 unspecified atom stereocenters. The van der Waals surface area contributed by atoms with Crippen LogP contribution in [0, 0.1) is 5.92 Å². The van der Waals surface area contributed by atoms with E-state index in [0.717, 1.165) is 25.6 Å². The Balaban J connectivity index is 2.44. The van der Waals surface area contributed by atoms with Gasteiger partial charge >= 0.3 is 5.97 Å². The third-order valence-corrected chi connectivity index (χ3v) is 3.88. The van der Waals surface area contributed by atoms with Gasteiger partial charge in [-0.25, -0.2) is 4.79 Å². The van der Waals surface area contributed by atoms with Crippen molar-refractivity contribution in [2.24, 2.45) is 5.92 Å². The van der Waals surface area contributed by atoms with Crippen LogP contribution in [-0.4, -0.2) is 42.2 Å². The highest BCUT2D eigenvalue weighted by atomic mass is 16.5. The Labute approximate surface area is 127 Å². The fourth-order valence-electron chi connectivity index (χ4n) is 2.30. The van der Waals surface area contributed by atoms with E-state index in [4.69, 9.17) is 9.84 Å². The first-order chi connectivity index (χ1) is 10.1. The molecule has 0 aliphatic rings. The lowest BCUT2D eigenvalue weighted by molar-refractivity contribution is 0.0696. The molecule has 0 spiro atoms. The second-order valence-electron chi connectivity index (χ2n) is 5.26. The van der Waals surface area contributed by atoms with E-state index in [-0.39, 0.29) is 5.56 Å². The van der Waals surface area contributed by atoms with E-state index < -0.39 is 5.97 Å². The Morgan fingerprint density at radius 3 is 2.57 bits per heavy atom. The third-order valence-electron chi connectivity index (χ3n) is 3.88. The average Bonchev–Trinajstić information content (AvgIpc) is 2.51. The smallest absolute Gasteiger partial charge is 0.335 e. The Hall–Kier alpha value is -1.55. The van der Waals surface area contributed by atoms with Gasteiger partial charge in [0.15, 0.2) is 0 Å². The zero-order valence-corrected chi connectivity index (χ0v) is 13.3. The van der Waals surface area contributed by atoms with Gasteiger partial charge in [0.2, 0.25) is 0 Å². The summed E-state index contributed by atoms with van der Waals surface area (Å²) in [4.78, 5) is 13.3. The third kappa shape index (κ3) is 6.17. The zero-order valence-electron chi connectivity index (χ0n) is 13.3.